The van der Waals surface area contributed by atoms with E-state index >= 15 is 0 Å². The number of anilines is 2. The number of para-hydroxylation sites is 1. The summed E-state index contributed by atoms with van der Waals surface area (Å²) in [6.07, 6.45) is 1.83. The van der Waals surface area contributed by atoms with E-state index in [9.17, 15) is 14.4 Å². The van der Waals surface area contributed by atoms with Gasteiger partial charge in [-0.15, -0.1) is 0 Å². The molecule has 0 aliphatic carbocycles. The molecule has 3 aromatic carbocycles. The molecule has 0 saturated carbocycles. The molecule has 3 fully saturated rings. The summed E-state index contributed by atoms with van der Waals surface area (Å²) in [7, 11) is 0. The van der Waals surface area contributed by atoms with Crippen LogP contribution in [0.5, 0.6) is 0 Å². The Morgan fingerprint density at radius 1 is 0.941 bits per heavy atom. The van der Waals surface area contributed by atoms with Crippen molar-refractivity contribution < 1.29 is 19.3 Å². The van der Waals surface area contributed by atoms with Gasteiger partial charge in [-0.05, 0) is 35.9 Å². The minimum absolute atomic E-state index is 0.0132. The van der Waals surface area contributed by atoms with Gasteiger partial charge in [0.2, 0.25) is 17.4 Å². The predicted molar refractivity (Wildman–Crippen MR) is 128 cm³/mol. The van der Waals surface area contributed by atoms with Crippen molar-refractivity contribution in [2.45, 2.75) is 31.3 Å². The SMILES string of the molecule is CCN1C(=O)[C@]2(c3ccccc31)[C@@H]1C(=O)N(c3ccc4ccccc4c3)C(=O)[C@@H]1[C@@H]1CCC[NH+]12. The standard InChI is InChI=1S/C28H25N3O3/c1-2-29-21-11-6-5-10-20(21)28(27(29)34)24-23(22-12-7-15-30(22)28)25(32)31(26(24)33)19-14-13-17-8-3-4-9-18(17)16-19/h3-6,8-11,13-14,16,22-24H,2,7,12,15H2,1H3/p+1/t22-,23+,24-,28-/m0/s1. The third kappa shape index (κ3) is 2.18. The Morgan fingerprint density at radius 3 is 2.53 bits per heavy atom. The first-order valence-electron chi connectivity index (χ1n) is 12.2. The number of nitrogens with one attached hydrogen (secondary N) is 1. The highest BCUT2D eigenvalue weighted by molar-refractivity contribution is 6.25. The molecule has 4 heterocycles. The molecule has 6 nitrogen and oxygen atoms in total. The van der Waals surface area contributed by atoms with Crippen LogP contribution in [0.2, 0.25) is 0 Å². The zero-order chi connectivity index (χ0) is 23.2. The van der Waals surface area contributed by atoms with Crippen LogP contribution in [0.4, 0.5) is 11.4 Å². The number of carbonyl (C=O) groups excluding carboxylic acids is 3. The summed E-state index contributed by atoms with van der Waals surface area (Å²) in [5.41, 5.74) is 1.39. The zero-order valence-corrected chi connectivity index (χ0v) is 19.0. The summed E-state index contributed by atoms with van der Waals surface area (Å²) < 4.78 is 0. The van der Waals surface area contributed by atoms with Gasteiger partial charge in [0, 0.05) is 24.9 Å². The second-order valence-corrected chi connectivity index (χ2v) is 9.95. The fraction of sp³-hybridized carbons (Fsp3) is 0.321. The highest BCUT2D eigenvalue weighted by Gasteiger charge is 2.79. The molecule has 4 aliphatic heterocycles. The lowest BCUT2D eigenvalue weighted by atomic mass is 9.75. The number of hydrogen-bond donors (Lipinski definition) is 1. The van der Waals surface area contributed by atoms with E-state index < -0.39 is 17.4 Å². The van der Waals surface area contributed by atoms with Crippen molar-refractivity contribution in [2.24, 2.45) is 11.8 Å². The molecule has 34 heavy (non-hydrogen) atoms. The fourth-order valence-corrected chi connectivity index (χ4v) is 7.48. The van der Waals surface area contributed by atoms with Crippen LogP contribution in [0, 0.1) is 11.8 Å². The molecule has 1 unspecified atom stereocenters. The van der Waals surface area contributed by atoms with E-state index in [0.717, 1.165) is 46.3 Å². The molecule has 7 rings (SSSR count). The molecule has 170 valence electrons. The molecule has 1 N–H and O–H groups in total. The highest BCUT2D eigenvalue weighted by atomic mass is 16.2. The van der Waals surface area contributed by atoms with Gasteiger partial charge in [-0.1, -0.05) is 48.5 Å². The number of amides is 3. The molecular weight excluding hydrogens is 426 g/mol. The molecule has 4 aliphatic rings. The lowest BCUT2D eigenvalue weighted by molar-refractivity contribution is -0.948. The second-order valence-electron chi connectivity index (χ2n) is 9.95. The number of rotatable bonds is 2. The Labute approximate surface area is 197 Å². The third-order valence-electron chi connectivity index (χ3n) is 8.68. The molecular formula is C28H26N3O3+. The highest BCUT2D eigenvalue weighted by Crippen LogP contribution is 2.53. The monoisotopic (exact) mass is 452 g/mol. The van der Waals surface area contributed by atoms with E-state index in [2.05, 4.69) is 0 Å². The summed E-state index contributed by atoms with van der Waals surface area (Å²) in [6, 6.07) is 21.5. The van der Waals surface area contributed by atoms with Crippen LogP contribution in [0.15, 0.2) is 66.7 Å². The quantitative estimate of drug-likeness (QED) is 0.607. The Hall–Kier alpha value is -3.51. The van der Waals surface area contributed by atoms with E-state index in [-0.39, 0.29) is 23.8 Å². The van der Waals surface area contributed by atoms with E-state index in [1.807, 2.05) is 78.6 Å². The van der Waals surface area contributed by atoms with Crippen LogP contribution >= 0.6 is 0 Å². The van der Waals surface area contributed by atoms with Gasteiger partial charge in [-0.25, -0.2) is 4.90 Å². The third-order valence-corrected chi connectivity index (χ3v) is 8.68. The van der Waals surface area contributed by atoms with Crippen LogP contribution in [0.25, 0.3) is 10.8 Å². The van der Waals surface area contributed by atoms with Crippen molar-refractivity contribution in [2.75, 3.05) is 22.9 Å². The number of quaternary nitrogens is 1. The van der Waals surface area contributed by atoms with Crippen molar-refractivity contribution in [1.82, 2.24) is 0 Å². The number of nitrogens with zero attached hydrogens (tertiary/aromatic N) is 2. The zero-order valence-electron chi connectivity index (χ0n) is 19.0. The van der Waals surface area contributed by atoms with Gasteiger partial charge >= 0.3 is 0 Å². The van der Waals surface area contributed by atoms with Crippen molar-refractivity contribution in [1.29, 1.82) is 0 Å². The lowest BCUT2D eigenvalue weighted by Gasteiger charge is -2.34. The minimum atomic E-state index is -1.02. The first kappa shape index (κ1) is 19.9. The summed E-state index contributed by atoms with van der Waals surface area (Å²) in [5, 5.41) is 2.05. The summed E-state index contributed by atoms with van der Waals surface area (Å²) in [4.78, 5) is 46.7. The molecule has 0 radical (unpaired) electrons. The maximum absolute atomic E-state index is 14.2. The van der Waals surface area contributed by atoms with E-state index in [1.54, 1.807) is 0 Å². The van der Waals surface area contributed by atoms with Crippen molar-refractivity contribution in [3.8, 4) is 0 Å². The van der Waals surface area contributed by atoms with Gasteiger partial charge in [0.1, 0.15) is 17.9 Å². The Morgan fingerprint density at radius 2 is 1.71 bits per heavy atom. The molecule has 5 atom stereocenters. The number of carbonyl (C=O) groups is 3. The van der Waals surface area contributed by atoms with Crippen LogP contribution in [0.1, 0.15) is 25.3 Å². The minimum Gasteiger partial charge on any atom is -0.315 e. The smallest absolute Gasteiger partial charge is 0.294 e. The largest absolute Gasteiger partial charge is 0.315 e. The van der Waals surface area contributed by atoms with Crippen molar-refractivity contribution in [3.63, 3.8) is 0 Å². The average Bonchev–Trinajstić information content (AvgIpc) is 3.56. The second kappa shape index (κ2) is 6.76. The normalized spacial score (nSPS) is 31.6. The molecule has 3 aromatic rings. The molecule has 3 amide bonds. The van der Waals surface area contributed by atoms with Crippen molar-refractivity contribution >= 4 is 39.9 Å². The summed E-state index contributed by atoms with van der Waals surface area (Å²) in [6.45, 7) is 3.33. The topological polar surface area (TPSA) is 62.1 Å². The van der Waals surface area contributed by atoms with Gasteiger partial charge < -0.3 is 9.80 Å². The first-order valence-corrected chi connectivity index (χ1v) is 12.2. The molecule has 1 spiro atoms. The number of imide groups is 1. The van der Waals surface area contributed by atoms with Crippen LogP contribution in [-0.4, -0.2) is 36.9 Å². The summed E-state index contributed by atoms with van der Waals surface area (Å²) in [5.74, 6) is -1.53. The van der Waals surface area contributed by atoms with Crippen molar-refractivity contribution in [3.05, 3.63) is 72.3 Å². The van der Waals surface area contributed by atoms with Gasteiger partial charge in [0.25, 0.3) is 5.91 Å². The fourth-order valence-electron chi connectivity index (χ4n) is 7.48. The van der Waals surface area contributed by atoms with Gasteiger partial charge in [-0.3, -0.25) is 14.4 Å². The number of benzene rings is 3. The maximum Gasteiger partial charge on any atom is 0.294 e. The van der Waals surface area contributed by atoms with E-state index in [4.69, 9.17) is 0 Å². The summed E-state index contributed by atoms with van der Waals surface area (Å²) >= 11 is 0. The molecule has 3 saturated heterocycles. The van der Waals surface area contributed by atoms with Gasteiger partial charge in [0.15, 0.2) is 0 Å². The van der Waals surface area contributed by atoms with Gasteiger partial charge in [0.05, 0.1) is 17.9 Å². The number of likely N-dealkylation sites (N-methyl/N-ethyl adjacent to an activating group) is 1. The van der Waals surface area contributed by atoms with Crippen LogP contribution in [-0.2, 0) is 19.9 Å². The van der Waals surface area contributed by atoms with Gasteiger partial charge in [-0.2, -0.15) is 0 Å². The molecule has 0 bridgehead atoms. The predicted octanol–water partition coefficient (Wildman–Crippen LogP) is 2.27. The number of fused-ring (bicyclic) bond motifs is 8. The Bertz CT molecular complexity index is 1400. The molecule has 0 aromatic heterocycles. The van der Waals surface area contributed by atoms with E-state index in [0.29, 0.717) is 12.2 Å². The average molecular weight is 453 g/mol. The lowest BCUT2D eigenvalue weighted by Crippen LogP contribution is -3.20. The number of hydrogen-bond acceptors (Lipinski definition) is 3. The molecule has 6 heteroatoms. The first-order chi connectivity index (χ1) is 16.6. The maximum atomic E-state index is 14.2. The van der Waals surface area contributed by atoms with E-state index in [1.165, 1.54) is 4.90 Å². The Balaban J connectivity index is 1.42. The van der Waals surface area contributed by atoms with Crippen LogP contribution in [0.3, 0.4) is 0 Å². The Kier molecular flexibility index (Phi) is 3.96. The van der Waals surface area contributed by atoms with Crippen LogP contribution < -0.4 is 14.7 Å².